The second kappa shape index (κ2) is 8.29. The summed E-state index contributed by atoms with van der Waals surface area (Å²) >= 11 is 3.22. The highest BCUT2D eigenvalue weighted by molar-refractivity contribution is 7.98. The molecule has 0 radical (unpaired) electrons. The van der Waals surface area contributed by atoms with Crippen molar-refractivity contribution in [3.8, 4) is 5.00 Å². The van der Waals surface area contributed by atoms with E-state index in [9.17, 15) is 4.79 Å². The topological polar surface area (TPSA) is 103 Å². The van der Waals surface area contributed by atoms with Crippen molar-refractivity contribution in [2.45, 2.75) is 26.3 Å². The number of pyridine rings is 1. The van der Waals surface area contributed by atoms with Gasteiger partial charge in [-0.05, 0) is 60.4 Å². The normalized spacial score (nSPS) is 12.4. The first-order valence-corrected chi connectivity index (χ1v) is 11.2. The van der Waals surface area contributed by atoms with Crippen LogP contribution in [0.5, 0.6) is 0 Å². The number of tetrazole rings is 1. The van der Waals surface area contributed by atoms with Crippen LogP contribution in [-0.4, -0.2) is 52.7 Å². The number of thiophene rings is 1. The number of rotatable bonds is 7. The average molecular weight is 429 g/mol. The molecule has 0 fully saturated rings. The van der Waals surface area contributed by atoms with Crippen LogP contribution in [0.15, 0.2) is 30.7 Å². The van der Waals surface area contributed by atoms with Crippen molar-refractivity contribution in [3.05, 3.63) is 52.6 Å². The molecule has 0 saturated carbocycles. The number of thioether (sulfide) groups is 1. The zero-order valence-corrected chi connectivity index (χ0v) is 17.9. The van der Waals surface area contributed by atoms with Gasteiger partial charge in [0.25, 0.3) is 5.91 Å². The predicted molar refractivity (Wildman–Crippen MR) is 113 cm³/mol. The van der Waals surface area contributed by atoms with E-state index in [2.05, 4.69) is 31.0 Å². The lowest BCUT2D eigenvalue weighted by Gasteiger charge is -2.17. The molecule has 0 bridgehead atoms. The molecule has 0 aromatic carbocycles. The molecule has 0 saturated heterocycles. The van der Waals surface area contributed by atoms with Gasteiger partial charge in [0.2, 0.25) is 0 Å². The number of aromatic nitrogens is 7. The van der Waals surface area contributed by atoms with E-state index >= 15 is 0 Å². The van der Waals surface area contributed by atoms with Crippen LogP contribution in [0.4, 0.5) is 0 Å². The summed E-state index contributed by atoms with van der Waals surface area (Å²) in [6.07, 6.45) is 6.20. The van der Waals surface area contributed by atoms with Gasteiger partial charge in [0.05, 0.1) is 11.6 Å². The van der Waals surface area contributed by atoms with Gasteiger partial charge in [-0.2, -0.15) is 16.4 Å². The summed E-state index contributed by atoms with van der Waals surface area (Å²) in [5.74, 6) is 1.43. The molecule has 0 aliphatic heterocycles. The van der Waals surface area contributed by atoms with Crippen LogP contribution in [0.2, 0.25) is 0 Å². The van der Waals surface area contributed by atoms with E-state index in [1.54, 1.807) is 11.8 Å². The highest BCUT2D eigenvalue weighted by atomic mass is 32.2. The first-order valence-electron chi connectivity index (χ1n) is 9.03. The fourth-order valence-electron chi connectivity index (χ4n) is 3.12. The van der Waals surface area contributed by atoms with Gasteiger partial charge in [-0.25, -0.2) is 0 Å². The molecule has 4 rings (SSSR count). The average Bonchev–Trinajstić information content (AvgIpc) is 3.45. The van der Waals surface area contributed by atoms with Crippen molar-refractivity contribution in [3.63, 3.8) is 0 Å². The Bertz CT molecular complexity index is 1130. The molecule has 29 heavy (non-hydrogen) atoms. The van der Waals surface area contributed by atoms with Crippen molar-refractivity contribution in [2.24, 2.45) is 0 Å². The smallest absolute Gasteiger partial charge is 0.255 e. The number of amides is 1. The zero-order chi connectivity index (χ0) is 20.4. The maximum Gasteiger partial charge on any atom is 0.255 e. The fourth-order valence-corrected chi connectivity index (χ4v) is 4.66. The van der Waals surface area contributed by atoms with Crippen LogP contribution in [0.1, 0.15) is 39.1 Å². The summed E-state index contributed by atoms with van der Waals surface area (Å²) in [6.45, 7) is 3.93. The Morgan fingerprint density at radius 2 is 2.17 bits per heavy atom. The van der Waals surface area contributed by atoms with Crippen LogP contribution in [0.3, 0.4) is 0 Å². The zero-order valence-electron chi connectivity index (χ0n) is 16.2. The minimum absolute atomic E-state index is 0.170. The maximum atomic E-state index is 13.3. The van der Waals surface area contributed by atoms with E-state index in [0.717, 1.165) is 34.1 Å². The lowest BCUT2D eigenvalue weighted by atomic mass is 10.1. The summed E-state index contributed by atoms with van der Waals surface area (Å²) in [6, 6.07) is 5.47. The molecular weight excluding hydrogens is 408 g/mol. The molecule has 9 nitrogen and oxygen atoms in total. The Kier molecular flexibility index (Phi) is 5.58. The van der Waals surface area contributed by atoms with Crippen LogP contribution in [0, 0.1) is 13.8 Å². The SMILES string of the molecule is CSCC[C@H](NC(=O)c1c(-n2cnnn2)sc(C)c1C)c1nnc2ccccn12. The number of carbonyl (C=O) groups is 1. The monoisotopic (exact) mass is 428 g/mol. The lowest BCUT2D eigenvalue weighted by molar-refractivity contribution is 0.0933. The van der Waals surface area contributed by atoms with E-state index in [1.165, 1.54) is 22.3 Å². The molecule has 0 aliphatic carbocycles. The van der Waals surface area contributed by atoms with Crippen LogP contribution in [0.25, 0.3) is 10.6 Å². The number of nitrogens with one attached hydrogen (secondary N) is 1. The Labute approximate surface area is 175 Å². The summed E-state index contributed by atoms with van der Waals surface area (Å²) in [5, 5.41) is 23.8. The highest BCUT2D eigenvalue weighted by Crippen LogP contribution is 2.31. The fraction of sp³-hybridized carbons (Fsp3) is 0.333. The number of hydrogen-bond acceptors (Lipinski definition) is 8. The third kappa shape index (κ3) is 3.75. The van der Waals surface area contributed by atoms with Gasteiger partial charge in [-0.1, -0.05) is 6.07 Å². The van der Waals surface area contributed by atoms with Gasteiger partial charge in [0, 0.05) is 11.1 Å². The molecule has 1 amide bonds. The third-order valence-electron chi connectivity index (χ3n) is 4.72. The molecule has 0 unspecified atom stereocenters. The second-order valence-electron chi connectivity index (χ2n) is 6.51. The van der Waals surface area contributed by atoms with Gasteiger partial charge < -0.3 is 5.32 Å². The lowest BCUT2D eigenvalue weighted by Crippen LogP contribution is -2.31. The number of hydrogen-bond donors (Lipinski definition) is 1. The maximum absolute atomic E-state index is 13.3. The molecule has 4 aromatic heterocycles. The molecule has 11 heteroatoms. The number of fused-ring (bicyclic) bond motifs is 1. The van der Waals surface area contributed by atoms with Crippen molar-refractivity contribution in [1.82, 2.24) is 40.1 Å². The van der Waals surface area contributed by atoms with E-state index in [0.29, 0.717) is 10.6 Å². The summed E-state index contributed by atoms with van der Waals surface area (Å²) in [7, 11) is 0. The number of nitrogens with zero attached hydrogens (tertiary/aromatic N) is 7. The molecule has 0 aliphatic rings. The van der Waals surface area contributed by atoms with E-state index in [4.69, 9.17) is 0 Å². The van der Waals surface area contributed by atoms with Gasteiger partial charge in [-0.15, -0.1) is 26.6 Å². The van der Waals surface area contributed by atoms with Crippen LogP contribution < -0.4 is 5.32 Å². The Balaban J connectivity index is 1.69. The summed E-state index contributed by atoms with van der Waals surface area (Å²) < 4.78 is 3.45. The van der Waals surface area contributed by atoms with Crippen molar-refractivity contribution in [1.29, 1.82) is 0 Å². The Morgan fingerprint density at radius 3 is 2.93 bits per heavy atom. The molecule has 150 valence electrons. The molecule has 4 aromatic rings. The minimum Gasteiger partial charge on any atom is -0.342 e. The first-order chi connectivity index (χ1) is 14.1. The number of carbonyl (C=O) groups excluding carboxylic acids is 1. The second-order valence-corrected chi connectivity index (χ2v) is 8.70. The van der Waals surface area contributed by atoms with Crippen molar-refractivity contribution in [2.75, 3.05) is 12.0 Å². The molecule has 1 N–H and O–H groups in total. The Morgan fingerprint density at radius 1 is 1.31 bits per heavy atom. The number of aryl methyl sites for hydroxylation is 1. The molecule has 0 spiro atoms. The van der Waals surface area contributed by atoms with E-state index < -0.39 is 0 Å². The minimum atomic E-state index is -0.270. The van der Waals surface area contributed by atoms with Gasteiger partial charge in [0.1, 0.15) is 11.3 Å². The largest absolute Gasteiger partial charge is 0.342 e. The van der Waals surface area contributed by atoms with Crippen LogP contribution >= 0.6 is 23.1 Å². The van der Waals surface area contributed by atoms with Crippen molar-refractivity contribution < 1.29 is 4.79 Å². The standard InChI is InChI=1S/C18H20N8OS2/c1-11-12(2)29-18(26-10-19-23-24-26)15(11)17(27)20-13(7-9-28-3)16-22-21-14-6-4-5-8-25(14)16/h4-6,8,10,13H,7,9H2,1-3H3,(H,20,27)/t13-/m0/s1. The third-order valence-corrected chi connectivity index (χ3v) is 6.56. The van der Waals surface area contributed by atoms with Crippen LogP contribution in [-0.2, 0) is 0 Å². The van der Waals surface area contributed by atoms with Crippen molar-refractivity contribution >= 4 is 34.7 Å². The first kappa shape index (κ1) is 19.5. The van der Waals surface area contributed by atoms with Gasteiger partial charge in [0.15, 0.2) is 11.5 Å². The van der Waals surface area contributed by atoms with E-state index in [-0.39, 0.29) is 11.9 Å². The highest BCUT2D eigenvalue weighted by Gasteiger charge is 2.26. The molecular formula is C18H20N8OS2. The van der Waals surface area contributed by atoms with Gasteiger partial charge >= 0.3 is 0 Å². The summed E-state index contributed by atoms with van der Waals surface area (Å²) in [5.41, 5.74) is 2.26. The Hall–Kier alpha value is -2.79. The van der Waals surface area contributed by atoms with E-state index in [1.807, 2.05) is 48.9 Å². The predicted octanol–water partition coefficient (Wildman–Crippen LogP) is 2.61. The quantitative estimate of drug-likeness (QED) is 0.483. The molecule has 1 atom stereocenters. The van der Waals surface area contributed by atoms with Gasteiger partial charge in [-0.3, -0.25) is 9.20 Å². The molecule has 4 heterocycles. The summed E-state index contributed by atoms with van der Waals surface area (Å²) in [4.78, 5) is 14.4.